The van der Waals surface area contributed by atoms with Gasteiger partial charge in [-0.05, 0) is 31.0 Å². The van der Waals surface area contributed by atoms with Gasteiger partial charge in [0.05, 0.1) is 6.54 Å². The van der Waals surface area contributed by atoms with Crippen molar-refractivity contribution in [2.75, 3.05) is 13.1 Å². The van der Waals surface area contributed by atoms with Crippen LogP contribution in [-0.2, 0) is 6.42 Å². The molecule has 1 atom stereocenters. The molecule has 0 aliphatic carbocycles. The van der Waals surface area contributed by atoms with Crippen molar-refractivity contribution in [2.45, 2.75) is 19.4 Å². The monoisotopic (exact) mass is 315 g/mol. The Labute approximate surface area is 136 Å². The number of aliphatic imine (C=N–C) groups is 1. The number of hydrogen-bond acceptors (Lipinski definition) is 2. The summed E-state index contributed by atoms with van der Waals surface area (Å²) in [5.74, 6) is 0.216. The summed E-state index contributed by atoms with van der Waals surface area (Å²) in [6.07, 6.45) is 0.611. The minimum atomic E-state index is -0.378. The van der Waals surface area contributed by atoms with E-state index in [1.807, 2.05) is 25.1 Å². The summed E-state index contributed by atoms with van der Waals surface area (Å²) in [5, 5.41) is 3.06. The molecule has 0 saturated heterocycles. The van der Waals surface area contributed by atoms with E-state index in [0.29, 0.717) is 19.0 Å². The molecule has 0 amide bonds. The van der Waals surface area contributed by atoms with Crippen LogP contribution >= 0.6 is 0 Å². The highest BCUT2D eigenvalue weighted by Gasteiger charge is 2.07. The molecule has 3 N–H and O–H groups in total. The highest BCUT2D eigenvalue weighted by Crippen LogP contribution is 2.16. The second-order valence-electron chi connectivity index (χ2n) is 5.25. The zero-order valence-electron chi connectivity index (χ0n) is 13.2. The van der Waals surface area contributed by atoms with Crippen molar-refractivity contribution < 1.29 is 9.13 Å². The molecule has 0 aliphatic heterocycles. The molecule has 0 bridgehead atoms. The van der Waals surface area contributed by atoms with Crippen LogP contribution in [-0.4, -0.2) is 25.2 Å². The van der Waals surface area contributed by atoms with Crippen molar-refractivity contribution in [2.24, 2.45) is 10.7 Å². The van der Waals surface area contributed by atoms with Crippen LogP contribution in [0.1, 0.15) is 12.5 Å². The average molecular weight is 315 g/mol. The predicted molar refractivity (Wildman–Crippen MR) is 91.1 cm³/mol. The Hall–Kier alpha value is -2.56. The maximum absolute atomic E-state index is 13.5. The molecule has 0 fully saturated rings. The Kier molecular flexibility index (Phi) is 6.41. The van der Waals surface area contributed by atoms with Crippen LogP contribution in [0.3, 0.4) is 0 Å². The lowest BCUT2D eigenvalue weighted by Gasteiger charge is -2.13. The lowest BCUT2D eigenvalue weighted by molar-refractivity contribution is 0.220. The second kappa shape index (κ2) is 8.78. The van der Waals surface area contributed by atoms with E-state index < -0.39 is 0 Å². The van der Waals surface area contributed by atoms with Crippen LogP contribution in [0, 0.1) is 5.82 Å². The molecule has 0 aliphatic rings. The number of nitrogens with zero attached hydrogens (tertiary/aromatic N) is 1. The predicted octanol–water partition coefficient (Wildman–Crippen LogP) is 2.74. The molecule has 4 nitrogen and oxygen atoms in total. The van der Waals surface area contributed by atoms with Gasteiger partial charge in [0.15, 0.2) is 17.5 Å². The fraction of sp³-hybridized carbons (Fsp3) is 0.278. The van der Waals surface area contributed by atoms with Gasteiger partial charge < -0.3 is 15.8 Å². The zero-order chi connectivity index (χ0) is 16.5. The fourth-order valence-corrected chi connectivity index (χ4v) is 2.06. The summed E-state index contributed by atoms with van der Waals surface area (Å²) < 4.78 is 19.0. The van der Waals surface area contributed by atoms with Gasteiger partial charge in [-0.2, -0.15) is 0 Å². The number of para-hydroxylation sites is 1. The van der Waals surface area contributed by atoms with Crippen LogP contribution in [0.5, 0.6) is 5.75 Å². The maximum atomic E-state index is 13.5. The van der Waals surface area contributed by atoms with E-state index in [0.717, 1.165) is 6.42 Å². The van der Waals surface area contributed by atoms with Gasteiger partial charge in [0, 0.05) is 6.54 Å². The van der Waals surface area contributed by atoms with Crippen molar-refractivity contribution in [1.82, 2.24) is 5.32 Å². The molecule has 2 rings (SSSR count). The van der Waals surface area contributed by atoms with Gasteiger partial charge in [-0.3, -0.25) is 0 Å². The first-order chi connectivity index (χ1) is 11.1. The van der Waals surface area contributed by atoms with Crippen molar-refractivity contribution in [3.63, 3.8) is 0 Å². The quantitative estimate of drug-likeness (QED) is 0.610. The molecular weight excluding hydrogens is 293 g/mol. The van der Waals surface area contributed by atoms with Gasteiger partial charge in [-0.25, -0.2) is 9.38 Å². The Morgan fingerprint density at radius 3 is 2.61 bits per heavy atom. The molecule has 0 saturated carbocycles. The molecule has 2 aromatic rings. The van der Waals surface area contributed by atoms with Crippen molar-refractivity contribution in [1.29, 1.82) is 0 Å². The number of ether oxygens (including phenoxy) is 1. The number of nitrogens with two attached hydrogens (primary N) is 1. The lowest BCUT2D eigenvalue weighted by atomic mass is 10.1. The molecule has 0 heterocycles. The normalized spacial score (nSPS) is 12.7. The Bertz CT molecular complexity index is 631. The van der Waals surface area contributed by atoms with E-state index in [9.17, 15) is 4.39 Å². The SMILES string of the molecule is CC(CN=C(N)NCCc1ccccc1)Oc1ccccc1F. The standard InChI is InChI=1S/C18H22FN3O/c1-14(23-17-10-6-5-9-16(17)19)13-22-18(20)21-12-11-15-7-3-2-4-8-15/h2-10,14H,11-13H2,1H3,(H3,20,21,22). The third-order valence-electron chi connectivity index (χ3n) is 3.25. The molecule has 0 radical (unpaired) electrons. The van der Waals surface area contributed by atoms with Gasteiger partial charge in [-0.1, -0.05) is 42.5 Å². The molecule has 5 heteroatoms. The molecule has 1 unspecified atom stereocenters. The topological polar surface area (TPSA) is 59.6 Å². The molecule has 2 aromatic carbocycles. The van der Waals surface area contributed by atoms with Gasteiger partial charge in [0.1, 0.15) is 6.10 Å². The number of halogens is 1. The molecular formula is C18H22FN3O. The summed E-state index contributed by atoms with van der Waals surface area (Å²) in [4.78, 5) is 4.22. The summed E-state index contributed by atoms with van der Waals surface area (Å²) in [7, 11) is 0. The number of nitrogens with one attached hydrogen (secondary N) is 1. The van der Waals surface area contributed by atoms with E-state index in [4.69, 9.17) is 10.5 Å². The van der Waals surface area contributed by atoms with Crippen molar-refractivity contribution in [3.8, 4) is 5.75 Å². The van der Waals surface area contributed by atoms with Gasteiger partial charge in [0.2, 0.25) is 0 Å². The van der Waals surface area contributed by atoms with E-state index in [1.165, 1.54) is 11.6 Å². The molecule has 23 heavy (non-hydrogen) atoms. The highest BCUT2D eigenvalue weighted by molar-refractivity contribution is 5.77. The Morgan fingerprint density at radius 2 is 1.87 bits per heavy atom. The van der Waals surface area contributed by atoms with Crippen LogP contribution in [0.2, 0.25) is 0 Å². The maximum Gasteiger partial charge on any atom is 0.188 e. The van der Waals surface area contributed by atoms with E-state index in [1.54, 1.807) is 18.2 Å². The number of benzene rings is 2. The first kappa shape index (κ1) is 16.8. The zero-order valence-corrected chi connectivity index (χ0v) is 13.2. The smallest absolute Gasteiger partial charge is 0.188 e. The molecule has 122 valence electrons. The van der Waals surface area contributed by atoms with Gasteiger partial charge >= 0.3 is 0 Å². The minimum Gasteiger partial charge on any atom is -0.486 e. The first-order valence-corrected chi connectivity index (χ1v) is 7.64. The third kappa shape index (κ3) is 5.98. The summed E-state index contributed by atoms with van der Waals surface area (Å²) in [6, 6.07) is 16.5. The Balaban J connectivity index is 1.72. The van der Waals surface area contributed by atoms with Crippen molar-refractivity contribution >= 4 is 5.96 Å². The number of rotatable bonds is 7. The summed E-state index contributed by atoms with van der Waals surface area (Å²) in [6.45, 7) is 2.90. The largest absolute Gasteiger partial charge is 0.486 e. The van der Waals surface area contributed by atoms with E-state index in [2.05, 4.69) is 22.4 Å². The molecule has 0 spiro atoms. The van der Waals surface area contributed by atoms with Crippen LogP contribution in [0.4, 0.5) is 4.39 Å². The minimum absolute atomic E-state index is 0.228. The lowest BCUT2D eigenvalue weighted by Crippen LogP contribution is -2.34. The fourth-order valence-electron chi connectivity index (χ4n) is 2.06. The van der Waals surface area contributed by atoms with Crippen LogP contribution in [0.25, 0.3) is 0 Å². The van der Waals surface area contributed by atoms with E-state index in [-0.39, 0.29) is 17.7 Å². The second-order valence-corrected chi connectivity index (χ2v) is 5.25. The van der Waals surface area contributed by atoms with Crippen LogP contribution in [0.15, 0.2) is 59.6 Å². The van der Waals surface area contributed by atoms with Crippen molar-refractivity contribution in [3.05, 3.63) is 66.0 Å². The highest BCUT2D eigenvalue weighted by atomic mass is 19.1. The summed E-state index contributed by atoms with van der Waals surface area (Å²) in [5.41, 5.74) is 7.06. The number of guanidine groups is 1. The van der Waals surface area contributed by atoms with Gasteiger partial charge in [0.25, 0.3) is 0 Å². The first-order valence-electron chi connectivity index (χ1n) is 7.64. The average Bonchev–Trinajstić information content (AvgIpc) is 2.56. The molecule has 0 aromatic heterocycles. The van der Waals surface area contributed by atoms with E-state index >= 15 is 0 Å². The third-order valence-corrected chi connectivity index (χ3v) is 3.25. The number of hydrogen-bond donors (Lipinski definition) is 2. The summed E-state index contributed by atoms with van der Waals surface area (Å²) >= 11 is 0. The van der Waals surface area contributed by atoms with Gasteiger partial charge in [-0.15, -0.1) is 0 Å². The Morgan fingerprint density at radius 1 is 1.17 bits per heavy atom. The van der Waals surface area contributed by atoms with Crippen LogP contribution < -0.4 is 15.8 Å².